The fourth-order valence-electron chi connectivity index (χ4n) is 1.77. The zero-order valence-corrected chi connectivity index (χ0v) is 11.0. The van der Waals surface area contributed by atoms with Gasteiger partial charge in [0.1, 0.15) is 6.61 Å². The smallest absolute Gasteiger partial charge is 0.337 e. The number of carbonyl (C=O) groups is 1. The Bertz CT molecular complexity index is 611. The Kier molecular flexibility index (Phi) is 4.10. The summed E-state index contributed by atoms with van der Waals surface area (Å²) in [5, 5.41) is 9.06. The molecule has 0 amide bonds. The maximum absolute atomic E-state index is 11.1. The number of nitrogens with two attached hydrogens (primary N) is 1. The summed E-state index contributed by atoms with van der Waals surface area (Å²) in [4.78, 5) is 11.1. The lowest BCUT2D eigenvalue weighted by Gasteiger charge is -2.13. The molecule has 5 heteroatoms. The van der Waals surface area contributed by atoms with Crippen molar-refractivity contribution in [1.82, 2.24) is 0 Å². The number of hydrogen-bond donors (Lipinski definition) is 2. The molecule has 0 aliphatic carbocycles. The van der Waals surface area contributed by atoms with Crippen molar-refractivity contribution < 1.29 is 19.4 Å². The maximum Gasteiger partial charge on any atom is 0.337 e. The number of rotatable bonds is 5. The number of carboxylic acid groups (broad SMARTS) is 1. The molecule has 0 spiro atoms. The van der Waals surface area contributed by atoms with Gasteiger partial charge < -0.3 is 20.3 Å². The normalized spacial score (nSPS) is 10.1. The summed E-state index contributed by atoms with van der Waals surface area (Å²) in [5.41, 5.74) is 6.77. The predicted molar refractivity (Wildman–Crippen MR) is 75.1 cm³/mol. The van der Waals surface area contributed by atoms with Crippen molar-refractivity contribution in [2.24, 2.45) is 0 Å². The first-order chi connectivity index (χ1) is 9.61. The number of benzene rings is 2. The highest BCUT2D eigenvalue weighted by Crippen LogP contribution is 2.32. The van der Waals surface area contributed by atoms with E-state index in [1.165, 1.54) is 19.2 Å². The average Bonchev–Trinajstić information content (AvgIpc) is 2.46. The lowest BCUT2D eigenvalue weighted by Crippen LogP contribution is -2.05. The topological polar surface area (TPSA) is 81.8 Å². The highest BCUT2D eigenvalue weighted by Gasteiger charge is 2.14. The molecule has 0 fully saturated rings. The van der Waals surface area contributed by atoms with E-state index in [9.17, 15) is 4.79 Å². The van der Waals surface area contributed by atoms with Crippen LogP contribution >= 0.6 is 0 Å². The molecule has 0 radical (unpaired) electrons. The lowest BCUT2D eigenvalue weighted by molar-refractivity contribution is 0.0697. The number of methoxy groups -OCH3 is 1. The number of carboxylic acids is 1. The van der Waals surface area contributed by atoms with Gasteiger partial charge in [0.15, 0.2) is 11.5 Å². The van der Waals surface area contributed by atoms with Crippen LogP contribution in [-0.2, 0) is 6.61 Å². The SMILES string of the molecule is COc1cc(N)c(C(=O)O)cc1OCc1ccccc1. The van der Waals surface area contributed by atoms with Gasteiger partial charge in [0.2, 0.25) is 0 Å². The largest absolute Gasteiger partial charge is 0.493 e. The van der Waals surface area contributed by atoms with Gasteiger partial charge in [-0.25, -0.2) is 4.79 Å². The van der Waals surface area contributed by atoms with E-state index in [-0.39, 0.29) is 11.3 Å². The average molecular weight is 273 g/mol. The highest BCUT2D eigenvalue weighted by molar-refractivity contribution is 5.94. The Balaban J connectivity index is 2.25. The van der Waals surface area contributed by atoms with Gasteiger partial charge in [-0.1, -0.05) is 30.3 Å². The van der Waals surface area contributed by atoms with E-state index >= 15 is 0 Å². The summed E-state index contributed by atoms with van der Waals surface area (Å²) in [5.74, 6) is -0.346. The summed E-state index contributed by atoms with van der Waals surface area (Å²) < 4.78 is 10.8. The van der Waals surface area contributed by atoms with Crippen LogP contribution in [-0.4, -0.2) is 18.2 Å². The molecule has 0 bridgehead atoms. The van der Waals surface area contributed by atoms with Crippen molar-refractivity contribution in [3.8, 4) is 11.5 Å². The molecular weight excluding hydrogens is 258 g/mol. The third-order valence-electron chi connectivity index (χ3n) is 2.80. The second-order valence-electron chi connectivity index (χ2n) is 4.17. The molecule has 0 saturated carbocycles. The van der Waals surface area contributed by atoms with Gasteiger partial charge in [0.05, 0.1) is 18.4 Å². The first-order valence-corrected chi connectivity index (χ1v) is 5.99. The van der Waals surface area contributed by atoms with E-state index in [0.29, 0.717) is 18.1 Å². The molecule has 0 unspecified atom stereocenters. The second kappa shape index (κ2) is 5.97. The predicted octanol–water partition coefficient (Wildman–Crippen LogP) is 2.55. The van der Waals surface area contributed by atoms with Gasteiger partial charge in [-0.15, -0.1) is 0 Å². The molecule has 0 atom stereocenters. The minimum Gasteiger partial charge on any atom is -0.493 e. The van der Waals surface area contributed by atoms with Crippen LogP contribution in [0.3, 0.4) is 0 Å². The van der Waals surface area contributed by atoms with Gasteiger partial charge >= 0.3 is 5.97 Å². The summed E-state index contributed by atoms with van der Waals surface area (Å²) in [6, 6.07) is 12.4. The van der Waals surface area contributed by atoms with Crippen LogP contribution in [0.25, 0.3) is 0 Å². The van der Waals surface area contributed by atoms with Crippen molar-refractivity contribution >= 4 is 11.7 Å². The molecule has 3 N–H and O–H groups in total. The molecule has 0 aliphatic heterocycles. The molecule has 20 heavy (non-hydrogen) atoms. The van der Waals surface area contributed by atoms with Crippen molar-refractivity contribution in [3.63, 3.8) is 0 Å². The second-order valence-corrected chi connectivity index (χ2v) is 4.17. The zero-order valence-electron chi connectivity index (χ0n) is 11.0. The third kappa shape index (κ3) is 3.00. The van der Waals surface area contributed by atoms with Crippen LogP contribution in [0.2, 0.25) is 0 Å². The Morgan fingerprint density at radius 1 is 1.20 bits per heavy atom. The van der Waals surface area contributed by atoms with E-state index in [4.69, 9.17) is 20.3 Å². The van der Waals surface area contributed by atoms with E-state index in [1.54, 1.807) is 0 Å². The van der Waals surface area contributed by atoms with Crippen LogP contribution in [0.15, 0.2) is 42.5 Å². The number of hydrogen-bond acceptors (Lipinski definition) is 4. The maximum atomic E-state index is 11.1. The molecule has 0 aliphatic rings. The van der Waals surface area contributed by atoms with Crippen LogP contribution in [0.4, 0.5) is 5.69 Å². The number of nitrogen functional groups attached to an aromatic ring is 1. The summed E-state index contributed by atoms with van der Waals surface area (Å²) in [6.45, 7) is 0.320. The minimum atomic E-state index is -1.10. The van der Waals surface area contributed by atoms with Crippen molar-refractivity contribution in [3.05, 3.63) is 53.6 Å². The van der Waals surface area contributed by atoms with Gasteiger partial charge in [0, 0.05) is 12.1 Å². The van der Waals surface area contributed by atoms with E-state index in [1.807, 2.05) is 30.3 Å². The number of ether oxygens (including phenoxy) is 2. The van der Waals surface area contributed by atoms with E-state index in [0.717, 1.165) is 5.56 Å². The molecule has 2 aromatic carbocycles. The first kappa shape index (κ1) is 13.7. The van der Waals surface area contributed by atoms with Crippen LogP contribution < -0.4 is 15.2 Å². The molecule has 5 nitrogen and oxygen atoms in total. The van der Waals surface area contributed by atoms with Crippen LogP contribution in [0.1, 0.15) is 15.9 Å². The Morgan fingerprint density at radius 3 is 2.50 bits per heavy atom. The first-order valence-electron chi connectivity index (χ1n) is 5.99. The molecule has 0 saturated heterocycles. The fourth-order valence-corrected chi connectivity index (χ4v) is 1.77. The van der Waals surface area contributed by atoms with Gasteiger partial charge in [0.25, 0.3) is 0 Å². The Labute approximate surface area is 116 Å². The van der Waals surface area contributed by atoms with Crippen LogP contribution in [0.5, 0.6) is 11.5 Å². The number of anilines is 1. The molecule has 104 valence electrons. The molecule has 0 aromatic heterocycles. The molecule has 0 heterocycles. The zero-order chi connectivity index (χ0) is 14.5. The van der Waals surface area contributed by atoms with Gasteiger partial charge in [-0.3, -0.25) is 0 Å². The molecular formula is C15H15NO4. The third-order valence-corrected chi connectivity index (χ3v) is 2.80. The van der Waals surface area contributed by atoms with E-state index < -0.39 is 5.97 Å². The van der Waals surface area contributed by atoms with E-state index in [2.05, 4.69) is 0 Å². The molecule has 2 aromatic rings. The lowest BCUT2D eigenvalue weighted by atomic mass is 10.1. The summed E-state index contributed by atoms with van der Waals surface area (Å²) >= 11 is 0. The van der Waals surface area contributed by atoms with Crippen molar-refractivity contribution in [2.75, 3.05) is 12.8 Å². The summed E-state index contributed by atoms with van der Waals surface area (Å²) in [7, 11) is 1.48. The van der Waals surface area contributed by atoms with Gasteiger partial charge in [-0.05, 0) is 5.56 Å². The van der Waals surface area contributed by atoms with Crippen molar-refractivity contribution in [1.29, 1.82) is 0 Å². The Morgan fingerprint density at radius 2 is 1.90 bits per heavy atom. The highest BCUT2D eigenvalue weighted by atomic mass is 16.5. The van der Waals surface area contributed by atoms with Crippen molar-refractivity contribution in [2.45, 2.75) is 6.61 Å². The quantitative estimate of drug-likeness (QED) is 0.818. The van der Waals surface area contributed by atoms with Gasteiger partial charge in [-0.2, -0.15) is 0 Å². The fraction of sp³-hybridized carbons (Fsp3) is 0.133. The Hall–Kier alpha value is -2.69. The summed E-state index contributed by atoms with van der Waals surface area (Å²) in [6.07, 6.45) is 0. The monoisotopic (exact) mass is 273 g/mol. The molecule has 2 rings (SSSR count). The minimum absolute atomic E-state index is 0.00568. The number of aromatic carboxylic acids is 1. The van der Waals surface area contributed by atoms with Crippen LogP contribution in [0, 0.1) is 0 Å². The standard InChI is InChI=1S/C15H15NO4/c1-19-13-8-12(16)11(15(17)18)7-14(13)20-9-10-5-3-2-4-6-10/h2-8H,9,16H2,1H3,(H,17,18).